The van der Waals surface area contributed by atoms with E-state index in [4.69, 9.17) is 4.42 Å². The van der Waals surface area contributed by atoms with Gasteiger partial charge in [-0.3, -0.25) is 4.79 Å². The molecule has 4 heteroatoms. The molecule has 0 aromatic carbocycles. The Balaban J connectivity index is 2.36. The van der Waals surface area contributed by atoms with Crippen molar-refractivity contribution in [3.05, 3.63) is 24.2 Å². The molecule has 4 nitrogen and oxygen atoms in total. The number of rotatable bonds is 5. The Bertz CT molecular complexity index is 296. The summed E-state index contributed by atoms with van der Waals surface area (Å²) in [5, 5.41) is 5.80. The largest absolute Gasteiger partial charge is 0.469 e. The lowest BCUT2D eigenvalue weighted by Gasteiger charge is -2.16. The first-order valence-corrected chi connectivity index (χ1v) is 5.13. The monoisotopic (exact) mass is 210 g/mol. The van der Waals surface area contributed by atoms with Crippen molar-refractivity contribution >= 4 is 5.91 Å². The van der Waals surface area contributed by atoms with Crippen molar-refractivity contribution in [2.24, 2.45) is 0 Å². The predicted octanol–water partition coefficient (Wildman–Crippen LogP) is 0.935. The summed E-state index contributed by atoms with van der Waals surface area (Å²) in [5.41, 5.74) is 0. The number of carbonyl (C=O) groups excluding carboxylic acids is 1. The van der Waals surface area contributed by atoms with Gasteiger partial charge in [0.25, 0.3) is 0 Å². The molecule has 1 aromatic rings. The van der Waals surface area contributed by atoms with Gasteiger partial charge in [-0.2, -0.15) is 0 Å². The Hall–Kier alpha value is -1.29. The van der Waals surface area contributed by atoms with Crippen LogP contribution < -0.4 is 10.6 Å². The minimum atomic E-state index is -0.163. The van der Waals surface area contributed by atoms with Gasteiger partial charge in [0.2, 0.25) is 5.91 Å². The molecule has 1 amide bonds. The van der Waals surface area contributed by atoms with Crippen LogP contribution in [0.5, 0.6) is 0 Å². The zero-order valence-electron chi connectivity index (χ0n) is 9.41. The average Bonchev–Trinajstić information content (AvgIpc) is 2.68. The van der Waals surface area contributed by atoms with E-state index in [1.165, 1.54) is 0 Å². The van der Waals surface area contributed by atoms with Crippen molar-refractivity contribution < 1.29 is 9.21 Å². The first-order valence-electron chi connectivity index (χ1n) is 5.13. The third kappa shape index (κ3) is 3.75. The number of hydrogen-bond acceptors (Lipinski definition) is 3. The molecule has 1 heterocycles. The molecular weight excluding hydrogens is 192 g/mol. The standard InChI is InChI=1S/C11H18N2O2/c1-8(7-10-5-4-6-15-10)13-11(14)9(2)12-3/h4-6,8-9,12H,7H2,1-3H3,(H,13,14). The van der Waals surface area contributed by atoms with Gasteiger partial charge in [-0.1, -0.05) is 0 Å². The van der Waals surface area contributed by atoms with Crippen molar-refractivity contribution in [1.82, 2.24) is 10.6 Å². The minimum absolute atomic E-state index is 0.0107. The number of carbonyl (C=O) groups is 1. The van der Waals surface area contributed by atoms with E-state index >= 15 is 0 Å². The summed E-state index contributed by atoms with van der Waals surface area (Å²) in [6.45, 7) is 3.79. The van der Waals surface area contributed by atoms with E-state index in [0.717, 1.165) is 12.2 Å². The Labute approximate surface area is 90.0 Å². The van der Waals surface area contributed by atoms with Crippen LogP contribution in [0.1, 0.15) is 19.6 Å². The van der Waals surface area contributed by atoms with Gasteiger partial charge in [0.05, 0.1) is 12.3 Å². The summed E-state index contributed by atoms with van der Waals surface area (Å²) in [4.78, 5) is 11.5. The fraction of sp³-hybridized carbons (Fsp3) is 0.545. The average molecular weight is 210 g/mol. The molecule has 2 N–H and O–H groups in total. The Kier molecular flexibility index (Phi) is 4.37. The lowest BCUT2D eigenvalue weighted by molar-refractivity contribution is -0.123. The van der Waals surface area contributed by atoms with Gasteiger partial charge in [0.1, 0.15) is 5.76 Å². The highest BCUT2D eigenvalue weighted by atomic mass is 16.3. The third-order valence-corrected chi connectivity index (χ3v) is 2.30. The number of amides is 1. The maximum atomic E-state index is 11.5. The molecule has 1 rings (SSSR count). The maximum absolute atomic E-state index is 11.5. The summed E-state index contributed by atoms with van der Waals surface area (Å²) >= 11 is 0. The van der Waals surface area contributed by atoms with Crippen LogP contribution in [0.25, 0.3) is 0 Å². The van der Waals surface area contributed by atoms with Crippen molar-refractivity contribution in [2.75, 3.05) is 7.05 Å². The number of likely N-dealkylation sites (N-methyl/N-ethyl adjacent to an activating group) is 1. The van der Waals surface area contributed by atoms with E-state index in [1.807, 2.05) is 26.0 Å². The van der Waals surface area contributed by atoms with Gasteiger partial charge in [-0.05, 0) is 33.0 Å². The van der Waals surface area contributed by atoms with Crippen molar-refractivity contribution in [3.8, 4) is 0 Å². The molecule has 0 radical (unpaired) electrons. The minimum Gasteiger partial charge on any atom is -0.469 e. The smallest absolute Gasteiger partial charge is 0.237 e. The van der Waals surface area contributed by atoms with Gasteiger partial charge in [-0.25, -0.2) is 0 Å². The molecule has 2 unspecified atom stereocenters. The van der Waals surface area contributed by atoms with Crippen LogP contribution in [0, 0.1) is 0 Å². The number of nitrogens with one attached hydrogen (secondary N) is 2. The SMILES string of the molecule is CNC(C)C(=O)NC(C)Cc1ccco1. The van der Waals surface area contributed by atoms with Crippen LogP contribution >= 0.6 is 0 Å². The zero-order valence-corrected chi connectivity index (χ0v) is 9.41. The zero-order chi connectivity index (χ0) is 11.3. The summed E-state index contributed by atoms with van der Waals surface area (Å²) in [7, 11) is 1.77. The molecule has 0 spiro atoms. The van der Waals surface area contributed by atoms with E-state index < -0.39 is 0 Å². The van der Waals surface area contributed by atoms with Gasteiger partial charge >= 0.3 is 0 Å². The van der Waals surface area contributed by atoms with Gasteiger partial charge < -0.3 is 15.1 Å². The quantitative estimate of drug-likeness (QED) is 0.760. The number of hydrogen-bond donors (Lipinski definition) is 2. The van der Waals surface area contributed by atoms with Gasteiger partial charge in [0, 0.05) is 12.5 Å². The van der Waals surface area contributed by atoms with Crippen LogP contribution in [-0.4, -0.2) is 25.0 Å². The lowest BCUT2D eigenvalue weighted by atomic mass is 10.2. The Morgan fingerprint density at radius 2 is 2.27 bits per heavy atom. The lowest BCUT2D eigenvalue weighted by Crippen LogP contribution is -2.44. The van der Waals surface area contributed by atoms with Crippen LogP contribution in [0.2, 0.25) is 0 Å². The molecule has 0 aliphatic heterocycles. The van der Waals surface area contributed by atoms with Crippen LogP contribution in [0.3, 0.4) is 0 Å². The molecule has 0 aliphatic carbocycles. The highest BCUT2D eigenvalue weighted by Crippen LogP contribution is 2.03. The molecule has 0 saturated heterocycles. The summed E-state index contributed by atoms with van der Waals surface area (Å²) in [5.74, 6) is 0.900. The summed E-state index contributed by atoms with van der Waals surface area (Å²) in [6, 6.07) is 3.67. The molecule has 15 heavy (non-hydrogen) atoms. The number of furan rings is 1. The van der Waals surface area contributed by atoms with Gasteiger partial charge in [0.15, 0.2) is 0 Å². The topological polar surface area (TPSA) is 54.3 Å². The molecule has 0 saturated carbocycles. The van der Waals surface area contributed by atoms with E-state index in [0.29, 0.717) is 0 Å². The first-order chi connectivity index (χ1) is 7.13. The van der Waals surface area contributed by atoms with E-state index in [1.54, 1.807) is 13.3 Å². The fourth-order valence-corrected chi connectivity index (χ4v) is 1.28. The maximum Gasteiger partial charge on any atom is 0.237 e. The molecule has 2 atom stereocenters. The van der Waals surface area contributed by atoms with E-state index in [9.17, 15) is 4.79 Å². The van der Waals surface area contributed by atoms with Crippen molar-refractivity contribution in [3.63, 3.8) is 0 Å². The third-order valence-electron chi connectivity index (χ3n) is 2.30. The van der Waals surface area contributed by atoms with Gasteiger partial charge in [-0.15, -0.1) is 0 Å². The van der Waals surface area contributed by atoms with E-state index in [2.05, 4.69) is 10.6 Å². The van der Waals surface area contributed by atoms with Crippen LogP contribution in [0.4, 0.5) is 0 Å². The molecular formula is C11H18N2O2. The molecule has 84 valence electrons. The second kappa shape index (κ2) is 5.56. The first kappa shape index (κ1) is 11.8. The van der Waals surface area contributed by atoms with Crippen molar-refractivity contribution in [1.29, 1.82) is 0 Å². The molecule has 1 aromatic heterocycles. The normalized spacial score (nSPS) is 14.6. The second-order valence-corrected chi connectivity index (χ2v) is 3.70. The van der Waals surface area contributed by atoms with Crippen molar-refractivity contribution in [2.45, 2.75) is 32.4 Å². The molecule has 0 aliphatic rings. The second-order valence-electron chi connectivity index (χ2n) is 3.70. The van der Waals surface area contributed by atoms with E-state index in [-0.39, 0.29) is 18.0 Å². The Morgan fingerprint density at radius 3 is 2.80 bits per heavy atom. The summed E-state index contributed by atoms with van der Waals surface area (Å²) < 4.78 is 5.21. The predicted molar refractivity (Wildman–Crippen MR) is 58.5 cm³/mol. The molecule has 0 bridgehead atoms. The summed E-state index contributed by atoms with van der Waals surface area (Å²) in [6.07, 6.45) is 2.36. The van der Waals surface area contributed by atoms with Crippen LogP contribution in [0.15, 0.2) is 22.8 Å². The van der Waals surface area contributed by atoms with Crippen LogP contribution in [-0.2, 0) is 11.2 Å². The highest BCUT2D eigenvalue weighted by molar-refractivity contribution is 5.81. The Morgan fingerprint density at radius 1 is 1.53 bits per heavy atom. The molecule has 0 fully saturated rings. The highest BCUT2D eigenvalue weighted by Gasteiger charge is 2.13. The fourth-order valence-electron chi connectivity index (χ4n) is 1.28.